The van der Waals surface area contributed by atoms with Gasteiger partial charge in [-0.05, 0) is 117 Å². The van der Waals surface area contributed by atoms with Crippen LogP contribution in [-0.2, 0) is 5.41 Å². The number of ether oxygens (including phenoxy) is 1. The molecule has 0 saturated heterocycles. The van der Waals surface area contributed by atoms with Crippen LogP contribution < -0.4 is 4.74 Å². The molecule has 0 fully saturated rings. The van der Waals surface area contributed by atoms with E-state index in [9.17, 15) is 0 Å². The van der Waals surface area contributed by atoms with E-state index in [1.807, 2.05) is 6.07 Å². The lowest BCUT2D eigenvalue weighted by Gasteiger charge is -2.32. The van der Waals surface area contributed by atoms with Gasteiger partial charge >= 0.3 is 0 Å². The summed E-state index contributed by atoms with van der Waals surface area (Å²) < 4.78 is 6.52. The topological polar surface area (TPSA) is 9.23 Å². The smallest absolute Gasteiger partial charge is 0.135 e. The summed E-state index contributed by atoms with van der Waals surface area (Å²) in [5, 5.41) is 7.49. The molecule has 0 amide bonds. The van der Waals surface area contributed by atoms with Crippen molar-refractivity contribution >= 4 is 32.3 Å². The molecule has 0 N–H and O–H groups in total. The molecule has 13 rings (SSSR count). The Balaban J connectivity index is 1.12. The maximum atomic E-state index is 6.52. The molecule has 1 heteroatoms. The van der Waals surface area contributed by atoms with Crippen molar-refractivity contribution < 1.29 is 4.74 Å². The van der Waals surface area contributed by atoms with Gasteiger partial charge < -0.3 is 4.74 Å². The van der Waals surface area contributed by atoms with E-state index >= 15 is 0 Å². The first-order chi connectivity index (χ1) is 27.8. The highest BCUT2D eigenvalue weighted by molar-refractivity contribution is 6.13. The minimum absolute atomic E-state index is 0.501. The fourth-order valence-corrected chi connectivity index (χ4v) is 10.7. The van der Waals surface area contributed by atoms with E-state index in [0.717, 1.165) is 17.1 Å². The Morgan fingerprint density at radius 3 is 1.71 bits per heavy atom. The standard InChI is InChI=1S/C55H32O/c1-2-14-35-33(12-1)13-9-18-37(35)38-19-10-22-46-39(38)28-29-47-42-27-26-34(36-30-31-52-53-44(36)20-11-21-45(53)43-17-5-8-25-51(43)56-52)32-50(42)55(54(46)47)48-23-6-3-15-40(48)41-16-4-7-24-49(41)55/h1-32H. The molecule has 56 heavy (non-hydrogen) atoms. The van der Waals surface area contributed by atoms with Crippen molar-refractivity contribution in [2.24, 2.45) is 0 Å². The maximum Gasteiger partial charge on any atom is 0.135 e. The van der Waals surface area contributed by atoms with Crippen molar-refractivity contribution in [1.29, 1.82) is 0 Å². The van der Waals surface area contributed by atoms with Crippen molar-refractivity contribution in [2.75, 3.05) is 0 Å². The van der Waals surface area contributed by atoms with Gasteiger partial charge in [0, 0.05) is 10.9 Å². The number of rotatable bonds is 2. The average molecular weight is 709 g/mol. The second kappa shape index (κ2) is 10.9. The van der Waals surface area contributed by atoms with E-state index in [1.165, 1.54) is 105 Å². The summed E-state index contributed by atoms with van der Waals surface area (Å²) in [4.78, 5) is 0. The quantitative estimate of drug-likeness (QED) is 0.174. The summed E-state index contributed by atoms with van der Waals surface area (Å²) in [6, 6.07) is 72.1. The van der Waals surface area contributed by atoms with Gasteiger partial charge in [-0.2, -0.15) is 0 Å². The van der Waals surface area contributed by atoms with Gasteiger partial charge in [-0.15, -0.1) is 0 Å². The van der Waals surface area contributed by atoms with Gasteiger partial charge in [0.1, 0.15) is 11.5 Å². The zero-order valence-electron chi connectivity index (χ0n) is 30.4. The third-order valence-corrected chi connectivity index (χ3v) is 12.9. The SMILES string of the molecule is c1ccc2c(c1)Oc1ccc(-c3ccc4c(c3)C3(c5ccccc5-c5ccccc53)c3c-4ccc4c(-c5cccc6ccccc56)cccc34)c3cccc-2c13. The fourth-order valence-electron chi connectivity index (χ4n) is 10.7. The zero-order chi connectivity index (χ0) is 36.5. The Morgan fingerprint density at radius 2 is 0.875 bits per heavy atom. The molecule has 0 bridgehead atoms. The molecule has 0 saturated carbocycles. The highest BCUT2D eigenvalue weighted by atomic mass is 16.5. The Morgan fingerprint density at radius 1 is 0.304 bits per heavy atom. The first-order valence-electron chi connectivity index (χ1n) is 19.5. The van der Waals surface area contributed by atoms with Crippen LogP contribution in [0.1, 0.15) is 22.3 Å². The Kier molecular flexibility index (Phi) is 5.89. The third kappa shape index (κ3) is 3.75. The molecular weight excluding hydrogens is 677 g/mol. The van der Waals surface area contributed by atoms with E-state index in [4.69, 9.17) is 4.74 Å². The summed E-state index contributed by atoms with van der Waals surface area (Å²) in [6.45, 7) is 0. The molecule has 1 aliphatic heterocycles. The van der Waals surface area contributed by atoms with Gasteiger partial charge in [0.05, 0.1) is 5.41 Å². The zero-order valence-corrected chi connectivity index (χ0v) is 30.4. The van der Waals surface area contributed by atoms with Gasteiger partial charge in [0.15, 0.2) is 0 Å². The van der Waals surface area contributed by atoms with E-state index < -0.39 is 5.41 Å². The van der Waals surface area contributed by atoms with Crippen molar-refractivity contribution in [3.8, 4) is 67.1 Å². The first-order valence-corrected chi connectivity index (χ1v) is 19.5. The van der Waals surface area contributed by atoms with Crippen LogP contribution in [0.25, 0.3) is 88.0 Å². The molecule has 1 nitrogen and oxygen atoms in total. The normalized spacial score (nSPS) is 13.6. The highest BCUT2D eigenvalue weighted by Gasteiger charge is 2.52. The Bertz CT molecular complexity index is 3300. The second-order valence-electron chi connectivity index (χ2n) is 15.5. The lowest BCUT2D eigenvalue weighted by molar-refractivity contribution is 0.487. The van der Waals surface area contributed by atoms with Gasteiger partial charge in [-0.25, -0.2) is 0 Å². The largest absolute Gasteiger partial charge is 0.456 e. The molecule has 0 unspecified atom stereocenters. The van der Waals surface area contributed by atoms with Gasteiger partial charge in [0.2, 0.25) is 0 Å². The first kappa shape index (κ1) is 30.1. The van der Waals surface area contributed by atoms with Crippen LogP contribution in [0.2, 0.25) is 0 Å². The predicted molar refractivity (Wildman–Crippen MR) is 232 cm³/mol. The molecular formula is C55H32O. The molecule has 0 aromatic heterocycles. The van der Waals surface area contributed by atoms with E-state index in [1.54, 1.807) is 0 Å². The van der Waals surface area contributed by atoms with Gasteiger partial charge in [0.25, 0.3) is 0 Å². The third-order valence-electron chi connectivity index (χ3n) is 12.9. The molecule has 0 atom stereocenters. The Labute approximate surface area is 324 Å². The van der Waals surface area contributed by atoms with Crippen molar-refractivity contribution in [3.05, 3.63) is 216 Å². The Hall–Kier alpha value is -7.22. The monoisotopic (exact) mass is 708 g/mol. The lowest BCUT2D eigenvalue weighted by atomic mass is 9.69. The van der Waals surface area contributed by atoms with Crippen LogP contribution in [0.4, 0.5) is 0 Å². The summed E-state index contributed by atoms with van der Waals surface area (Å²) in [5.74, 6) is 1.82. The van der Waals surface area contributed by atoms with Crippen LogP contribution in [0.15, 0.2) is 194 Å². The van der Waals surface area contributed by atoms with E-state index in [0.29, 0.717) is 0 Å². The van der Waals surface area contributed by atoms with Crippen molar-refractivity contribution in [3.63, 3.8) is 0 Å². The van der Waals surface area contributed by atoms with Crippen LogP contribution in [0.3, 0.4) is 0 Å². The number of hydrogen-bond donors (Lipinski definition) is 0. The minimum atomic E-state index is -0.501. The number of hydrogen-bond acceptors (Lipinski definition) is 1. The molecule has 1 heterocycles. The molecule has 10 aromatic carbocycles. The van der Waals surface area contributed by atoms with Crippen LogP contribution in [0, 0.1) is 0 Å². The van der Waals surface area contributed by atoms with E-state index in [2.05, 4.69) is 188 Å². The molecule has 258 valence electrons. The number of para-hydroxylation sites is 1. The predicted octanol–water partition coefficient (Wildman–Crippen LogP) is 14.6. The number of benzene rings is 10. The summed E-state index contributed by atoms with van der Waals surface area (Å²) >= 11 is 0. The maximum absolute atomic E-state index is 6.52. The molecule has 2 aliphatic carbocycles. The van der Waals surface area contributed by atoms with Crippen molar-refractivity contribution in [2.45, 2.75) is 5.41 Å². The summed E-state index contributed by atoms with van der Waals surface area (Å²) in [6.07, 6.45) is 0. The summed E-state index contributed by atoms with van der Waals surface area (Å²) in [7, 11) is 0. The molecule has 0 radical (unpaired) electrons. The van der Waals surface area contributed by atoms with Crippen molar-refractivity contribution in [1.82, 2.24) is 0 Å². The average Bonchev–Trinajstić information content (AvgIpc) is 3.73. The number of fused-ring (bicyclic) bond motifs is 15. The van der Waals surface area contributed by atoms with Crippen LogP contribution >= 0.6 is 0 Å². The van der Waals surface area contributed by atoms with Crippen LogP contribution in [-0.4, -0.2) is 0 Å². The lowest BCUT2D eigenvalue weighted by Crippen LogP contribution is -2.26. The fraction of sp³-hybridized carbons (Fsp3) is 0.0182. The van der Waals surface area contributed by atoms with Crippen LogP contribution in [0.5, 0.6) is 11.5 Å². The minimum Gasteiger partial charge on any atom is -0.456 e. The van der Waals surface area contributed by atoms with Gasteiger partial charge in [-0.3, -0.25) is 0 Å². The summed E-state index contributed by atoms with van der Waals surface area (Å²) in [5.41, 5.74) is 17.5. The molecule has 10 aromatic rings. The van der Waals surface area contributed by atoms with E-state index in [-0.39, 0.29) is 0 Å². The van der Waals surface area contributed by atoms with Gasteiger partial charge in [-0.1, -0.05) is 176 Å². The second-order valence-corrected chi connectivity index (χ2v) is 15.5. The molecule has 1 spiro atoms. The molecule has 3 aliphatic rings. The highest BCUT2D eigenvalue weighted by Crippen LogP contribution is 2.65.